The van der Waals surface area contributed by atoms with E-state index in [-0.39, 0.29) is 0 Å². The lowest BCUT2D eigenvalue weighted by molar-refractivity contribution is 0.112. The molecule has 2 aromatic rings. The second-order valence-corrected chi connectivity index (χ2v) is 5.72. The van der Waals surface area contributed by atoms with Crippen LogP contribution in [0.5, 0.6) is 11.5 Å². The molecule has 2 aromatic carbocycles. The van der Waals surface area contributed by atoms with Crippen molar-refractivity contribution in [2.24, 2.45) is 5.92 Å². The van der Waals surface area contributed by atoms with Gasteiger partial charge < -0.3 is 9.47 Å². The number of hydrogen-bond acceptors (Lipinski definition) is 3. The summed E-state index contributed by atoms with van der Waals surface area (Å²) in [5.41, 5.74) is 1.64. The summed E-state index contributed by atoms with van der Waals surface area (Å²) in [6, 6.07) is 15.2. The number of aldehydes is 1. The van der Waals surface area contributed by atoms with E-state index in [0.29, 0.717) is 36.2 Å². The Morgan fingerprint density at radius 1 is 1.00 bits per heavy atom. The number of carbonyl (C=O) groups excluding carboxylic acids is 1. The molecular weight excluding hydrogens is 300 g/mol. The maximum Gasteiger partial charge on any atom is 0.162 e. The lowest BCUT2D eigenvalue weighted by atomic mass is 10.0. The summed E-state index contributed by atoms with van der Waals surface area (Å²) >= 11 is 0. The Morgan fingerprint density at radius 3 is 2.62 bits per heavy atom. The van der Waals surface area contributed by atoms with Gasteiger partial charge in [-0.15, -0.1) is 0 Å². The fraction of sp³-hybridized carbons (Fsp3) is 0.190. The molecule has 0 heterocycles. The van der Waals surface area contributed by atoms with Crippen molar-refractivity contribution in [3.8, 4) is 11.5 Å². The number of rotatable bonds is 7. The third kappa shape index (κ3) is 4.35. The molecule has 24 heavy (non-hydrogen) atoms. The van der Waals surface area contributed by atoms with Gasteiger partial charge in [-0.25, -0.2) is 0 Å². The molecule has 0 aliphatic heterocycles. The van der Waals surface area contributed by atoms with Crippen molar-refractivity contribution in [3.63, 3.8) is 0 Å². The molecule has 0 fully saturated rings. The zero-order valence-electron chi connectivity index (χ0n) is 13.4. The van der Waals surface area contributed by atoms with E-state index in [1.165, 1.54) is 0 Å². The van der Waals surface area contributed by atoms with Gasteiger partial charge in [0, 0.05) is 11.5 Å². The van der Waals surface area contributed by atoms with Gasteiger partial charge in [0.15, 0.2) is 11.5 Å². The van der Waals surface area contributed by atoms with Crippen LogP contribution in [0.1, 0.15) is 22.3 Å². The molecule has 0 radical (unpaired) electrons. The maximum atomic E-state index is 11.0. The van der Waals surface area contributed by atoms with Crippen molar-refractivity contribution in [3.05, 3.63) is 84.0 Å². The number of hydrogen-bond donors (Lipinski definition) is 0. The number of allylic oxidation sites excluding steroid dienone is 3. The van der Waals surface area contributed by atoms with Gasteiger partial charge in [-0.3, -0.25) is 4.79 Å². The highest BCUT2D eigenvalue weighted by molar-refractivity contribution is 5.76. The van der Waals surface area contributed by atoms with E-state index < -0.39 is 0 Å². The number of carbonyl (C=O) groups is 1. The summed E-state index contributed by atoms with van der Waals surface area (Å²) in [6.45, 7) is 1.02. The molecule has 0 aromatic heterocycles. The summed E-state index contributed by atoms with van der Waals surface area (Å²) < 4.78 is 11.8. The van der Waals surface area contributed by atoms with E-state index in [1.54, 1.807) is 18.2 Å². The molecule has 0 bridgehead atoms. The van der Waals surface area contributed by atoms with Crippen LogP contribution in [0.4, 0.5) is 0 Å². The standard InChI is InChI=1S/C21H20O3/c22-14-19-11-12-20(23-15-17-7-3-1-4-8-17)21(13-19)24-16-18-9-5-2-6-10-18/h1-7,9-14,17H,8,15-16H2. The molecule has 0 spiro atoms. The van der Waals surface area contributed by atoms with Crippen LogP contribution in [-0.4, -0.2) is 12.9 Å². The minimum atomic E-state index is 0.364. The van der Waals surface area contributed by atoms with Crippen LogP contribution in [0.25, 0.3) is 0 Å². The fourth-order valence-corrected chi connectivity index (χ4v) is 2.52. The summed E-state index contributed by atoms with van der Waals surface area (Å²) in [7, 11) is 0. The van der Waals surface area contributed by atoms with E-state index in [4.69, 9.17) is 9.47 Å². The Balaban J connectivity index is 1.69. The van der Waals surface area contributed by atoms with Crippen LogP contribution in [-0.2, 0) is 6.61 Å². The van der Waals surface area contributed by atoms with Crippen molar-refractivity contribution >= 4 is 6.29 Å². The minimum absolute atomic E-state index is 0.364. The molecule has 1 atom stereocenters. The summed E-state index contributed by atoms with van der Waals surface area (Å²) in [4.78, 5) is 11.0. The van der Waals surface area contributed by atoms with Gasteiger partial charge in [0.2, 0.25) is 0 Å². The molecule has 0 N–H and O–H groups in total. The molecule has 0 amide bonds. The van der Waals surface area contributed by atoms with Gasteiger partial charge in [0.1, 0.15) is 12.9 Å². The Kier molecular flexibility index (Phi) is 5.46. The van der Waals surface area contributed by atoms with E-state index in [1.807, 2.05) is 42.5 Å². The van der Waals surface area contributed by atoms with Crippen molar-refractivity contribution in [1.82, 2.24) is 0 Å². The van der Waals surface area contributed by atoms with Gasteiger partial charge in [0.05, 0.1) is 6.61 Å². The topological polar surface area (TPSA) is 35.5 Å². The van der Waals surface area contributed by atoms with Gasteiger partial charge in [-0.2, -0.15) is 0 Å². The van der Waals surface area contributed by atoms with E-state index in [0.717, 1.165) is 18.3 Å². The molecule has 1 aliphatic carbocycles. The van der Waals surface area contributed by atoms with E-state index in [2.05, 4.69) is 12.2 Å². The smallest absolute Gasteiger partial charge is 0.162 e. The first-order valence-electron chi connectivity index (χ1n) is 8.07. The van der Waals surface area contributed by atoms with Crippen LogP contribution in [0.3, 0.4) is 0 Å². The minimum Gasteiger partial charge on any atom is -0.489 e. The second-order valence-electron chi connectivity index (χ2n) is 5.72. The second kappa shape index (κ2) is 8.16. The van der Waals surface area contributed by atoms with Crippen molar-refractivity contribution in [1.29, 1.82) is 0 Å². The predicted molar refractivity (Wildman–Crippen MR) is 94.5 cm³/mol. The molecule has 0 saturated heterocycles. The Hall–Kier alpha value is -2.81. The first kappa shape index (κ1) is 16.1. The molecule has 0 saturated carbocycles. The molecule has 3 heteroatoms. The van der Waals surface area contributed by atoms with Gasteiger partial charge >= 0.3 is 0 Å². The van der Waals surface area contributed by atoms with Crippen molar-refractivity contribution in [2.45, 2.75) is 13.0 Å². The summed E-state index contributed by atoms with van der Waals surface area (Å²) in [5.74, 6) is 1.63. The molecule has 122 valence electrons. The van der Waals surface area contributed by atoms with Crippen molar-refractivity contribution in [2.75, 3.05) is 6.61 Å². The molecule has 3 rings (SSSR count). The van der Waals surface area contributed by atoms with Crippen LogP contribution in [0, 0.1) is 5.92 Å². The third-order valence-corrected chi connectivity index (χ3v) is 3.86. The van der Waals surface area contributed by atoms with Crippen LogP contribution >= 0.6 is 0 Å². The average Bonchev–Trinajstić information content (AvgIpc) is 2.66. The van der Waals surface area contributed by atoms with Gasteiger partial charge in [-0.05, 0) is 30.2 Å². The van der Waals surface area contributed by atoms with Crippen LogP contribution in [0.15, 0.2) is 72.8 Å². The summed E-state index contributed by atoms with van der Waals surface area (Å²) in [5, 5.41) is 0. The van der Waals surface area contributed by atoms with Crippen molar-refractivity contribution < 1.29 is 14.3 Å². The highest BCUT2D eigenvalue weighted by atomic mass is 16.5. The Morgan fingerprint density at radius 2 is 1.88 bits per heavy atom. The lowest BCUT2D eigenvalue weighted by Gasteiger charge is -2.17. The molecule has 1 aliphatic rings. The van der Waals surface area contributed by atoms with Crippen LogP contribution in [0.2, 0.25) is 0 Å². The molecule has 3 nitrogen and oxygen atoms in total. The summed E-state index contributed by atoms with van der Waals surface area (Å²) in [6.07, 6.45) is 10.2. The first-order valence-corrected chi connectivity index (χ1v) is 8.07. The zero-order chi connectivity index (χ0) is 16.6. The maximum absolute atomic E-state index is 11.0. The SMILES string of the molecule is O=Cc1ccc(OCC2C=CC=CC2)c(OCc2ccccc2)c1. The predicted octanol–water partition coefficient (Wildman–Crippen LogP) is 4.59. The Bertz CT molecular complexity index is 732. The highest BCUT2D eigenvalue weighted by Gasteiger charge is 2.11. The fourth-order valence-electron chi connectivity index (χ4n) is 2.52. The first-order chi connectivity index (χ1) is 11.8. The molecule has 1 unspecified atom stereocenters. The number of ether oxygens (including phenoxy) is 2. The zero-order valence-corrected chi connectivity index (χ0v) is 13.4. The van der Waals surface area contributed by atoms with Gasteiger partial charge in [-0.1, -0.05) is 54.6 Å². The monoisotopic (exact) mass is 320 g/mol. The average molecular weight is 320 g/mol. The van der Waals surface area contributed by atoms with E-state index in [9.17, 15) is 4.79 Å². The molecular formula is C21H20O3. The van der Waals surface area contributed by atoms with E-state index >= 15 is 0 Å². The Labute approximate surface area is 142 Å². The largest absolute Gasteiger partial charge is 0.489 e. The number of benzene rings is 2. The lowest BCUT2D eigenvalue weighted by Crippen LogP contribution is -2.11. The highest BCUT2D eigenvalue weighted by Crippen LogP contribution is 2.30. The quantitative estimate of drug-likeness (QED) is 0.700. The van der Waals surface area contributed by atoms with Gasteiger partial charge in [0.25, 0.3) is 0 Å². The normalized spacial score (nSPS) is 15.9. The third-order valence-electron chi connectivity index (χ3n) is 3.86. The van der Waals surface area contributed by atoms with Crippen LogP contribution < -0.4 is 9.47 Å².